The smallest absolute Gasteiger partial charge is 0.256 e. The number of likely N-dealkylation sites (N-methyl/N-ethyl adjacent to an activating group) is 1. The van der Waals surface area contributed by atoms with E-state index < -0.39 is 17.8 Å². The standard InChI is InChI=1S/C14H18FN3O3/c1-2-17-13(19)12-8-21-6-5-18(12)14(20)10-7-9(15)3-4-11(10)16/h3-4,7,12H,2,5-6,8,16H2,1H3,(H,17,19). The summed E-state index contributed by atoms with van der Waals surface area (Å²) in [6, 6.07) is 2.88. The summed E-state index contributed by atoms with van der Waals surface area (Å²) in [5.74, 6) is -1.30. The van der Waals surface area contributed by atoms with Gasteiger partial charge in [-0.1, -0.05) is 0 Å². The number of nitrogens with zero attached hydrogens (tertiary/aromatic N) is 1. The van der Waals surface area contributed by atoms with Crippen LogP contribution in [0.5, 0.6) is 0 Å². The summed E-state index contributed by atoms with van der Waals surface area (Å²) in [5.41, 5.74) is 5.98. The molecule has 0 saturated carbocycles. The number of carbonyl (C=O) groups excluding carboxylic acids is 2. The Kier molecular flexibility index (Phi) is 4.74. The molecule has 6 nitrogen and oxygen atoms in total. The Morgan fingerprint density at radius 1 is 1.52 bits per heavy atom. The number of anilines is 1. The second kappa shape index (κ2) is 6.53. The molecule has 1 aromatic carbocycles. The van der Waals surface area contributed by atoms with Gasteiger partial charge < -0.3 is 20.7 Å². The molecular formula is C14H18FN3O3. The Bertz CT molecular complexity index is 550. The normalized spacial score (nSPS) is 18.4. The summed E-state index contributed by atoms with van der Waals surface area (Å²) >= 11 is 0. The lowest BCUT2D eigenvalue weighted by Crippen LogP contribution is -2.56. The molecule has 1 aliphatic rings. The number of hydrogen-bond donors (Lipinski definition) is 2. The van der Waals surface area contributed by atoms with Crippen molar-refractivity contribution in [2.45, 2.75) is 13.0 Å². The Morgan fingerprint density at radius 2 is 2.29 bits per heavy atom. The zero-order chi connectivity index (χ0) is 15.4. The average Bonchev–Trinajstić information content (AvgIpc) is 2.49. The quantitative estimate of drug-likeness (QED) is 0.790. The highest BCUT2D eigenvalue weighted by Gasteiger charge is 2.33. The predicted molar refractivity (Wildman–Crippen MR) is 75.1 cm³/mol. The molecule has 1 aliphatic heterocycles. The lowest BCUT2D eigenvalue weighted by molar-refractivity contribution is -0.130. The number of benzene rings is 1. The molecule has 0 aliphatic carbocycles. The lowest BCUT2D eigenvalue weighted by atomic mass is 10.1. The molecule has 0 bridgehead atoms. The number of amides is 2. The van der Waals surface area contributed by atoms with E-state index in [0.717, 1.165) is 6.07 Å². The Morgan fingerprint density at radius 3 is 3.00 bits per heavy atom. The number of nitrogen functional groups attached to an aromatic ring is 1. The molecule has 1 atom stereocenters. The summed E-state index contributed by atoms with van der Waals surface area (Å²) in [5, 5.41) is 2.66. The molecule has 1 fully saturated rings. The van der Waals surface area contributed by atoms with Crippen LogP contribution in [0.15, 0.2) is 18.2 Å². The molecule has 7 heteroatoms. The predicted octanol–water partition coefficient (Wildman–Crippen LogP) is 0.385. The molecule has 2 rings (SSSR count). The summed E-state index contributed by atoms with van der Waals surface area (Å²) in [4.78, 5) is 25.9. The van der Waals surface area contributed by atoms with Crippen molar-refractivity contribution in [3.05, 3.63) is 29.6 Å². The van der Waals surface area contributed by atoms with Crippen molar-refractivity contribution in [1.29, 1.82) is 0 Å². The second-order valence-electron chi connectivity index (χ2n) is 4.72. The van der Waals surface area contributed by atoms with Crippen LogP contribution >= 0.6 is 0 Å². The number of ether oxygens (including phenoxy) is 1. The first-order valence-corrected chi connectivity index (χ1v) is 6.76. The van der Waals surface area contributed by atoms with Gasteiger partial charge >= 0.3 is 0 Å². The molecule has 2 amide bonds. The third kappa shape index (κ3) is 3.30. The molecule has 0 radical (unpaired) electrons. The van der Waals surface area contributed by atoms with Crippen LogP contribution in [0.2, 0.25) is 0 Å². The summed E-state index contributed by atoms with van der Waals surface area (Å²) in [6.07, 6.45) is 0. The van der Waals surface area contributed by atoms with E-state index in [9.17, 15) is 14.0 Å². The lowest BCUT2D eigenvalue weighted by Gasteiger charge is -2.34. The van der Waals surface area contributed by atoms with Gasteiger partial charge in [0.15, 0.2) is 0 Å². The number of nitrogens with two attached hydrogens (primary N) is 1. The highest BCUT2D eigenvalue weighted by molar-refractivity contribution is 6.01. The molecule has 21 heavy (non-hydrogen) atoms. The highest BCUT2D eigenvalue weighted by Crippen LogP contribution is 2.19. The molecule has 0 aromatic heterocycles. The van der Waals surface area contributed by atoms with Crippen LogP contribution in [0.4, 0.5) is 10.1 Å². The van der Waals surface area contributed by atoms with Crippen molar-refractivity contribution in [1.82, 2.24) is 10.2 Å². The van der Waals surface area contributed by atoms with Crippen molar-refractivity contribution in [3.8, 4) is 0 Å². The fourth-order valence-corrected chi connectivity index (χ4v) is 2.22. The monoisotopic (exact) mass is 295 g/mol. The molecule has 1 aromatic rings. The Labute approximate surface area is 122 Å². The van der Waals surface area contributed by atoms with E-state index in [2.05, 4.69) is 5.32 Å². The van der Waals surface area contributed by atoms with Crippen LogP contribution in [-0.4, -0.2) is 49.1 Å². The number of halogens is 1. The number of carbonyl (C=O) groups is 2. The Hall–Kier alpha value is -2.15. The third-order valence-electron chi connectivity index (χ3n) is 3.29. The number of rotatable bonds is 3. The van der Waals surface area contributed by atoms with Gasteiger partial charge in [0.2, 0.25) is 5.91 Å². The zero-order valence-corrected chi connectivity index (χ0v) is 11.8. The molecule has 0 spiro atoms. The number of nitrogens with one attached hydrogen (secondary N) is 1. The zero-order valence-electron chi connectivity index (χ0n) is 11.8. The van der Waals surface area contributed by atoms with Gasteiger partial charge in [0.25, 0.3) is 5.91 Å². The Balaban J connectivity index is 2.26. The van der Waals surface area contributed by atoms with E-state index >= 15 is 0 Å². The van der Waals surface area contributed by atoms with Gasteiger partial charge in [0, 0.05) is 18.8 Å². The minimum Gasteiger partial charge on any atom is -0.398 e. The van der Waals surface area contributed by atoms with Crippen molar-refractivity contribution >= 4 is 17.5 Å². The van der Waals surface area contributed by atoms with Gasteiger partial charge in [-0.15, -0.1) is 0 Å². The van der Waals surface area contributed by atoms with E-state index in [0.29, 0.717) is 13.2 Å². The SMILES string of the molecule is CCNC(=O)C1COCCN1C(=O)c1cc(F)ccc1N. The summed E-state index contributed by atoms with van der Waals surface area (Å²) < 4.78 is 18.6. The van der Waals surface area contributed by atoms with Gasteiger partial charge in [0.1, 0.15) is 11.9 Å². The first-order valence-electron chi connectivity index (χ1n) is 6.76. The van der Waals surface area contributed by atoms with E-state index in [-0.39, 0.29) is 30.3 Å². The largest absolute Gasteiger partial charge is 0.398 e. The van der Waals surface area contributed by atoms with E-state index in [1.54, 1.807) is 6.92 Å². The number of morpholine rings is 1. The van der Waals surface area contributed by atoms with Gasteiger partial charge in [0.05, 0.1) is 18.8 Å². The molecule has 1 heterocycles. The minimum atomic E-state index is -0.728. The fraction of sp³-hybridized carbons (Fsp3) is 0.429. The molecule has 3 N–H and O–H groups in total. The molecule has 114 valence electrons. The van der Waals surface area contributed by atoms with Crippen LogP contribution < -0.4 is 11.1 Å². The van der Waals surface area contributed by atoms with Crippen LogP contribution in [0.1, 0.15) is 17.3 Å². The highest BCUT2D eigenvalue weighted by atomic mass is 19.1. The van der Waals surface area contributed by atoms with Crippen LogP contribution in [0.3, 0.4) is 0 Å². The second-order valence-corrected chi connectivity index (χ2v) is 4.72. The van der Waals surface area contributed by atoms with Gasteiger partial charge in [-0.3, -0.25) is 9.59 Å². The molecule has 1 saturated heterocycles. The van der Waals surface area contributed by atoms with Crippen LogP contribution in [0.25, 0.3) is 0 Å². The maximum atomic E-state index is 13.3. The van der Waals surface area contributed by atoms with Crippen LogP contribution in [0, 0.1) is 5.82 Å². The topological polar surface area (TPSA) is 84.7 Å². The van der Waals surface area contributed by atoms with Gasteiger partial charge in [-0.25, -0.2) is 4.39 Å². The van der Waals surface area contributed by atoms with Crippen molar-refractivity contribution < 1.29 is 18.7 Å². The van der Waals surface area contributed by atoms with Crippen LogP contribution in [-0.2, 0) is 9.53 Å². The average molecular weight is 295 g/mol. The van der Waals surface area contributed by atoms with Crippen molar-refractivity contribution in [3.63, 3.8) is 0 Å². The molecular weight excluding hydrogens is 277 g/mol. The maximum absolute atomic E-state index is 13.3. The van der Waals surface area contributed by atoms with Gasteiger partial charge in [-0.2, -0.15) is 0 Å². The summed E-state index contributed by atoms with van der Waals surface area (Å²) in [6.45, 7) is 2.96. The van der Waals surface area contributed by atoms with E-state index in [1.807, 2.05) is 0 Å². The van der Waals surface area contributed by atoms with Gasteiger partial charge in [-0.05, 0) is 25.1 Å². The summed E-state index contributed by atoms with van der Waals surface area (Å²) in [7, 11) is 0. The minimum absolute atomic E-state index is 0.0613. The van der Waals surface area contributed by atoms with Crippen molar-refractivity contribution in [2.75, 3.05) is 32.0 Å². The fourth-order valence-electron chi connectivity index (χ4n) is 2.22. The third-order valence-corrected chi connectivity index (χ3v) is 3.29. The number of hydrogen-bond acceptors (Lipinski definition) is 4. The maximum Gasteiger partial charge on any atom is 0.256 e. The van der Waals surface area contributed by atoms with Crippen molar-refractivity contribution in [2.24, 2.45) is 0 Å². The first kappa shape index (κ1) is 15.2. The van der Waals surface area contributed by atoms with E-state index in [1.165, 1.54) is 17.0 Å². The van der Waals surface area contributed by atoms with E-state index in [4.69, 9.17) is 10.5 Å². The molecule has 1 unspecified atom stereocenters. The first-order chi connectivity index (χ1) is 10.0.